The molecule has 2 aliphatic rings. The van der Waals surface area contributed by atoms with Gasteiger partial charge in [-0.15, -0.1) is 0 Å². The van der Waals surface area contributed by atoms with E-state index < -0.39 is 0 Å². The van der Waals surface area contributed by atoms with Crippen molar-refractivity contribution in [3.8, 4) is 17.2 Å². The highest BCUT2D eigenvalue weighted by atomic mass is 16.5. The van der Waals surface area contributed by atoms with Gasteiger partial charge in [0, 0.05) is 45.0 Å². The van der Waals surface area contributed by atoms with Crippen LogP contribution in [0.1, 0.15) is 11.1 Å². The van der Waals surface area contributed by atoms with E-state index in [1.165, 1.54) is 11.1 Å². The van der Waals surface area contributed by atoms with Crippen LogP contribution in [0.5, 0.6) is 17.2 Å². The number of carbonyl (C=O) groups excluding carboxylic acids is 1. The number of amides is 1. The van der Waals surface area contributed by atoms with Crippen molar-refractivity contribution < 1.29 is 19.4 Å². The number of hydrogen-bond donors (Lipinski definition) is 1. The SMILES string of the molecule is COc1cc2c(cc1OC)CN(CC(=O)N1CCN(c3ccc(O)cc3)CC1)CC2. The first-order valence-electron chi connectivity index (χ1n) is 10.4. The van der Waals surface area contributed by atoms with E-state index >= 15 is 0 Å². The van der Waals surface area contributed by atoms with Gasteiger partial charge in [0.25, 0.3) is 0 Å². The monoisotopic (exact) mass is 411 g/mol. The van der Waals surface area contributed by atoms with Crippen LogP contribution in [0.2, 0.25) is 0 Å². The van der Waals surface area contributed by atoms with Crippen LogP contribution in [0.4, 0.5) is 5.69 Å². The first-order valence-corrected chi connectivity index (χ1v) is 10.4. The molecule has 1 amide bonds. The number of fused-ring (bicyclic) bond motifs is 1. The van der Waals surface area contributed by atoms with Crippen LogP contribution in [-0.2, 0) is 17.8 Å². The van der Waals surface area contributed by atoms with Crippen molar-refractivity contribution in [3.63, 3.8) is 0 Å². The Labute approximate surface area is 177 Å². The molecule has 0 bridgehead atoms. The minimum Gasteiger partial charge on any atom is -0.508 e. The number of piperazine rings is 1. The van der Waals surface area contributed by atoms with Crippen LogP contribution < -0.4 is 14.4 Å². The number of aromatic hydroxyl groups is 1. The number of benzene rings is 2. The van der Waals surface area contributed by atoms with E-state index in [0.29, 0.717) is 6.54 Å². The predicted molar refractivity (Wildman–Crippen MR) is 115 cm³/mol. The van der Waals surface area contributed by atoms with Gasteiger partial charge in [-0.1, -0.05) is 0 Å². The number of hydrogen-bond acceptors (Lipinski definition) is 6. The van der Waals surface area contributed by atoms with E-state index in [1.54, 1.807) is 26.4 Å². The van der Waals surface area contributed by atoms with Gasteiger partial charge < -0.3 is 24.4 Å². The Kier molecular flexibility index (Phi) is 5.99. The maximum atomic E-state index is 12.9. The Bertz CT molecular complexity index is 892. The minimum atomic E-state index is 0.185. The summed E-state index contributed by atoms with van der Waals surface area (Å²) in [6, 6.07) is 11.3. The molecule has 0 unspecified atom stereocenters. The zero-order valence-electron chi connectivity index (χ0n) is 17.6. The molecule has 2 heterocycles. The predicted octanol–water partition coefficient (Wildman–Crippen LogP) is 2.12. The first-order chi connectivity index (χ1) is 14.6. The van der Waals surface area contributed by atoms with Gasteiger partial charge in [0.2, 0.25) is 5.91 Å². The fourth-order valence-corrected chi connectivity index (χ4v) is 4.25. The zero-order valence-corrected chi connectivity index (χ0v) is 17.6. The van der Waals surface area contributed by atoms with E-state index in [-0.39, 0.29) is 11.7 Å². The number of rotatable bonds is 5. The van der Waals surface area contributed by atoms with Crippen molar-refractivity contribution in [2.45, 2.75) is 13.0 Å². The Morgan fingerprint density at radius 2 is 1.57 bits per heavy atom. The van der Waals surface area contributed by atoms with E-state index in [0.717, 1.165) is 62.9 Å². The van der Waals surface area contributed by atoms with Gasteiger partial charge in [0.05, 0.1) is 20.8 Å². The number of nitrogens with zero attached hydrogens (tertiary/aromatic N) is 3. The molecule has 0 aliphatic carbocycles. The second-order valence-electron chi connectivity index (χ2n) is 7.82. The van der Waals surface area contributed by atoms with Crippen LogP contribution in [-0.4, -0.2) is 74.3 Å². The second-order valence-corrected chi connectivity index (χ2v) is 7.82. The third-order valence-corrected chi connectivity index (χ3v) is 6.00. The van der Waals surface area contributed by atoms with E-state index in [2.05, 4.69) is 15.9 Å². The maximum absolute atomic E-state index is 12.9. The Morgan fingerprint density at radius 3 is 2.20 bits per heavy atom. The summed E-state index contributed by atoms with van der Waals surface area (Å²) in [5, 5.41) is 9.45. The van der Waals surface area contributed by atoms with Gasteiger partial charge in [-0.3, -0.25) is 9.69 Å². The average Bonchev–Trinajstić information content (AvgIpc) is 2.78. The molecular formula is C23H29N3O4. The largest absolute Gasteiger partial charge is 0.508 e. The number of methoxy groups -OCH3 is 2. The van der Waals surface area contributed by atoms with Gasteiger partial charge in [0.1, 0.15) is 5.75 Å². The molecule has 1 saturated heterocycles. The maximum Gasteiger partial charge on any atom is 0.236 e. The van der Waals surface area contributed by atoms with Crippen molar-refractivity contribution in [1.29, 1.82) is 0 Å². The quantitative estimate of drug-likeness (QED) is 0.813. The summed E-state index contributed by atoms with van der Waals surface area (Å²) >= 11 is 0. The highest BCUT2D eigenvalue weighted by Crippen LogP contribution is 2.33. The van der Waals surface area contributed by atoms with E-state index in [9.17, 15) is 9.90 Å². The van der Waals surface area contributed by atoms with Crippen molar-refractivity contribution in [3.05, 3.63) is 47.5 Å². The molecule has 7 nitrogen and oxygen atoms in total. The van der Waals surface area contributed by atoms with Gasteiger partial charge in [-0.2, -0.15) is 0 Å². The lowest BCUT2D eigenvalue weighted by atomic mass is 9.98. The lowest BCUT2D eigenvalue weighted by Gasteiger charge is -2.37. The fraction of sp³-hybridized carbons (Fsp3) is 0.435. The van der Waals surface area contributed by atoms with Gasteiger partial charge in [-0.05, 0) is 53.9 Å². The minimum absolute atomic E-state index is 0.185. The number of phenolic OH excluding ortho intramolecular Hbond substituents is 1. The topological polar surface area (TPSA) is 65.5 Å². The average molecular weight is 412 g/mol. The summed E-state index contributed by atoms with van der Waals surface area (Å²) in [7, 11) is 3.30. The Morgan fingerprint density at radius 1 is 0.933 bits per heavy atom. The number of anilines is 1. The standard InChI is InChI=1S/C23H29N3O4/c1-29-21-13-17-7-8-24(15-18(17)14-22(21)30-2)16-23(28)26-11-9-25(10-12-26)19-3-5-20(27)6-4-19/h3-6,13-14,27H,7-12,15-16H2,1-2H3. The zero-order chi connectivity index (χ0) is 21.1. The van der Waals surface area contributed by atoms with Crippen molar-refractivity contribution in [2.24, 2.45) is 0 Å². The van der Waals surface area contributed by atoms with Crippen LogP contribution >= 0.6 is 0 Å². The fourth-order valence-electron chi connectivity index (χ4n) is 4.25. The van der Waals surface area contributed by atoms with Crippen LogP contribution in [0.3, 0.4) is 0 Å². The van der Waals surface area contributed by atoms with Gasteiger partial charge in [0.15, 0.2) is 11.5 Å². The molecule has 1 fully saturated rings. The second kappa shape index (κ2) is 8.83. The summed E-state index contributed by atoms with van der Waals surface area (Å²) in [5.41, 5.74) is 3.54. The van der Waals surface area contributed by atoms with Crippen LogP contribution in [0.15, 0.2) is 36.4 Å². The molecular weight excluding hydrogens is 382 g/mol. The molecule has 1 N–H and O–H groups in total. The molecule has 30 heavy (non-hydrogen) atoms. The Balaban J connectivity index is 1.32. The van der Waals surface area contributed by atoms with Crippen LogP contribution in [0.25, 0.3) is 0 Å². The normalized spacial score (nSPS) is 16.9. The Hall–Kier alpha value is -2.93. The molecule has 7 heteroatoms. The van der Waals surface area contributed by atoms with Crippen LogP contribution in [0, 0.1) is 0 Å². The number of phenols is 1. The highest BCUT2D eigenvalue weighted by Gasteiger charge is 2.25. The molecule has 4 rings (SSSR count). The third-order valence-electron chi connectivity index (χ3n) is 6.00. The lowest BCUT2D eigenvalue weighted by molar-refractivity contribution is -0.132. The molecule has 160 valence electrons. The molecule has 0 aromatic heterocycles. The molecule has 2 aromatic rings. The molecule has 2 aliphatic heterocycles. The summed E-state index contributed by atoms with van der Waals surface area (Å²) < 4.78 is 10.8. The van der Waals surface area contributed by atoms with Gasteiger partial charge in [-0.25, -0.2) is 0 Å². The van der Waals surface area contributed by atoms with Crippen molar-refractivity contribution >= 4 is 11.6 Å². The summed E-state index contributed by atoms with van der Waals surface area (Å²) in [6.07, 6.45) is 0.900. The molecule has 0 radical (unpaired) electrons. The molecule has 2 aromatic carbocycles. The summed E-state index contributed by atoms with van der Waals surface area (Å²) in [5.74, 6) is 1.94. The molecule has 0 saturated carbocycles. The lowest BCUT2D eigenvalue weighted by Crippen LogP contribution is -2.51. The summed E-state index contributed by atoms with van der Waals surface area (Å²) in [4.78, 5) is 19.3. The first kappa shape index (κ1) is 20.3. The van der Waals surface area contributed by atoms with Gasteiger partial charge >= 0.3 is 0 Å². The molecule has 0 atom stereocenters. The van der Waals surface area contributed by atoms with Crippen molar-refractivity contribution in [1.82, 2.24) is 9.80 Å². The number of ether oxygens (including phenoxy) is 2. The van der Waals surface area contributed by atoms with E-state index in [1.807, 2.05) is 23.1 Å². The van der Waals surface area contributed by atoms with Crippen molar-refractivity contribution in [2.75, 3.05) is 58.4 Å². The number of carbonyl (C=O) groups is 1. The molecule has 0 spiro atoms. The highest BCUT2D eigenvalue weighted by molar-refractivity contribution is 5.78. The summed E-state index contributed by atoms with van der Waals surface area (Å²) in [6.45, 7) is 5.08. The third kappa shape index (κ3) is 4.31. The van der Waals surface area contributed by atoms with E-state index in [4.69, 9.17) is 9.47 Å². The smallest absolute Gasteiger partial charge is 0.236 e.